The maximum absolute atomic E-state index is 13.0. The third kappa shape index (κ3) is 3.29. The van der Waals surface area contributed by atoms with Gasteiger partial charge in [-0.05, 0) is 49.3 Å². The Morgan fingerprint density at radius 1 is 1.41 bits per heavy atom. The van der Waals surface area contributed by atoms with E-state index in [-0.39, 0.29) is 5.82 Å². The highest BCUT2D eigenvalue weighted by molar-refractivity contribution is 9.10. The van der Waals surface area contributed by atoms with Gasteiger partial charge in [0.25, 0.3) is 0 Å². The van der Waals surface area contributed by atoms with Crippen LogP contribution in [-0.4, -0.2) is 10.7 Å². The quantitative estimate of drug-likeness (QED) is 0.873. The van der Waals surface area contributed by atoms with Crippen molar-refractivity contribution in [2.24, 2.45) is 5.92 Å². The van der Waals surface area contributed by atoms with Crippen LogP contribution in [-0.2, 0) is 6.42 Å². The molecular weight excluding hydrogens is 283 g/mol. The van der Waals surface area contributed by atoms with E-state index >= 15 is 0 Å². The van der Waals surface area contributed by atoms with Crippen LogP contribution in [0.4, 0.5) is 4.39 Å². The lowest BCUT2D eigenvalue weighted by Gasteiger charge is -2.35. The second kappa shape index (κ2) is 5.07. The largest absolute Gasteiger partial charge is 0.390 e. The maximum Gasteiger partial charge on any atom is 0.124 e. The minimum absolute atomic E-state index is 0.245. The van der Waals surface area contributed by atoms with Crippen LogP contribution in [0.1, 0.15) is 38.2 Å². The molecule has 1 N–H and O–H groups in total. The molecule has 0 radical (unpaired) electrons. The number of hydrogen-bond acceptors (Lipinski definition) is 1. The molecular formula is C14H18BrFO. The first kappa shape index (κ1) is 13.0. The molecule has 1 saturated carbocycles. The summed E-state index contributed by atoms with van der Waals surface area (Å²) in [6, 6.07) is 4.68. The molecule has 0 aromatic heterocycles. The minimum Gasteiger partial charge on any atom is -0.390 e. The molecule has 2 rings (SSSR count). The highest BCUT2D eigenvalue weighted by atomic mass is 79.9. The van der Waals surface area contributed by atoms with E-state index in [0.29, 0.717) is 12.3 Å². The number of rotatable bonds is 2. The Hall–Kier alpha value is -0.410. The van der Waals surface area contributed by atoms with Gasteiger partial charge in [0.2, 0.25) is 0 Å². The molecule has 1 aromatic rings. The summed E-state index contributed by atoms with van der Waals surface area (Å²) in [6.45, 7) is 2.23. The van der Waals surface area contributed by atoms with Gasteiger partial charge in [0.05, 0.1) is 5.60 Å². The summed E-state index contributed by atoms with van der Waals surface area (Å²) < 4.78 is 13.7. The van der Waals surface area contributed by atoms with E-state index in [1.54, 1.807) is 6.07 Å². The van der Waals surface area contributed by atoms with Gasteiger partial charge in [0, 0.05) is 10.9 Å². The topological polar surface area (TPSA) is 20.2 Å². The third-order valence-corrected chi connectivity index (χ3v) is 4.48. The first-order valence-corrected chi connectivity index (χ1v) is 6.94. The van der Waals surface area contributed by atoms with Crippen molar-refractivity contribution < 1.29 is 9.50 Å². The molecule has 1 aliphatic rings. The zero-order chi connectivity index (χ0) is 12.5. The molecule has 0 spiro atoms. The smallest absolute Gasteiger partial charge is 0.124 e. The molecule has 1 fully saturated rings. The van der Waals surface area contributed by atoms with Gasteiger partial charge in [0.1, 0.15) is 5.82 Å². The Bertz CT molecular complexity index is 397. The highest BCUT2D eigenvalue weighted by Crippen LogP contribution is 2.35. The molecule has 1 aromatic carbocycles. The molecule has 1 aliphatic carbocycles. The third-order valence-electron chi connectivity index (χ3n) is 3.74. The van der Waals surface area contributed by atoms with Crippen LogP contribution in [0.2, 0.25) is 0 Å². The van der Waals surface area contributed by atoms with E-state index < -0.39 is 5.60 Å². The van der Waals surface area contributed by atoms with Crippen molar-refractivity contribution in [2.45, 2.75) is 44.6 Å². The predicted molar refractivity (Wildman–Crippen MR) is 70.4 cm³/mol. The summed E-state index contributed by atoms with van der Waals surface area (Å²) in [7, 11) is 0. The average Bonchev–Trinajstić information content (AvgIpc) is 2.27. The number of benzene rings is 1. The molecule has 0 heterocycles. The Labute approximate surface area is 110 Å². The SMILES string of the molecule is CC1CCC(O)(Cc2ccc(F)cc2Br)CC1. The van der Waals surface area contributed by atoms with Crippen molar-refractivity contribution >= 4 is 15.9 Å². The Morgan fingerprint density at radius 3 is 2.65 bits per heavy atom. The summed E-state index contributed by atoms with van der Waals surface area (Å²) in [6.07, 6.45) is 4.46. The number of halogens is 2. The van der Waals surface area contributed by atoms with Crippen LogP contribution in [0, 0.1) is 11.7 Å². The van der Waals surface area contributed by atoms with Crippen molar-refractivity contribution in [2.75, 3.05) is 0 Å². The van der Waals surface area contributed by atoms with Crippen LogP contribution in [0.5, 0.6) is 0 Å². The molecule has 3 heteroatoms. The highest BCUT2D eigenvalue weighted by Gasteiger charge is 2.32. The fourth-order valence-corrected chi connectivity index (χ4v) is 2.99. The van der Waals surface area contributed by atoms with Gasteiger partial charge in [-0.2, -0.15) is 0 Å². The fraction of sp³-hybridized carbons (Fsp3) is 0.571. The zero-order valence-electron chi connectivity index (χ0n) is 10.0. The van der Waals surface area contributed by atoms with Crippen molar-refractivity contribution in [3.63, 3.8) is 0 Å². The lowest BCUT2D eigenvalue weighted by atomic mass is 9.76. The van der Waals surface area contributed by atoms with Gasteiger partial charge < -0.3 is 5.11 Å². The van der Waals surface area contributed by atoms with E-state index in [0.717, 1.165) is 35.7 Å². The van der Waals surface area contributed by atoms with E-state index in [2.05, 4.69) is 22.9 Å². The lowest BCUT2D eigenvalue weighted by molar-refractivity contribution is -0.00681. The molecule has 17 heavy (non-hydrogen) atoms. The van der Waals surface area contributed by atoms with Gasteiger partial charge in [-0.3, -0.25) is 0 Å². The summed E-state index contributed by atoms with van der Waals surface area (Å²) >= 11 is 3.36. The second-order valence-corrected chi connectivity index (χ2v) is 6.17. The Balaban J connectivity index is 2.09. The van der Waals surface area contributed by atoms with Gasteiger partial charge in [-0.25, -0.2) is 4.39 Å². The van der Waals surface area contributed by atoms with Crippen molar-refractivity contribution in [1.82, 2.24) is 0 Å². The molecule has 0 bridgehead atoms. The lowest BCUT2D eigenvalue weighted by Crippen LogP contribution is -2.35. The van der Waals surface area contributed by atoms with Crippen LogP contribution in [0.25, 0.3) is 0 Å². The van der Waals surface area contributed by atoms with E-state index in [1.165, 1.54) is 12.1 Å². The van der Waals surface area contributed by atoms with Gasteiger partial charge in [0.15, 0.2) is 0 Å². The summed E-state index contributed by atoms with van der Waals surface area (Å²) in [5.41, 5.74) is 0.385. The van der Waals surface area contributed by atoms with Crippen LogP contribution in [0.15, 0.2) is 22.7 Å². The fourth-order valence-electron chi connectivity index (χ4n) is 2.50. The first-order valence-electron chi connectivity index (χ1n) is 6.15. The van der Waals surface area contributed by atoms with Crippen molar-refractivity contribution in [3.05, 3.63) is 34.1 Å². The number of hydrogen-bond donors (Lipinski definition) is 1. The monoisotopic (exact) mass is 300 g/mol. The van der Waals surface area contributed by atoms with Crippen LogP contribution < -0.4 is 0 Å². The average molecular weight is 301 g/mol. The molecule has 1 nitrogen and oxygen atoms in total. The van der Waals surface area contributed by atoms with Crippen LogP contribution in [0.3, 0.4) is 0 Å². The van der Waals surface area contributed by atoms with Crippen LogP contribution >= 0.6 is 15.9 Å². The molecule has 0 aliphatic heterocycles. The van der Waals surface area contributed by atoms with Crippen molar-refractivity contribution in [3.8, 4) is 0 Å². The number of aliphatic hydroxyl groups is 1. The minimum atomic E-state index is -0.604. The molecule has 0 atom stereocenters. The van der Waals surface area contributed by atoms with Gasteiger partial charge >= 0.3 is 0 Å². The zero-order valence-corrected chi connectivity index (χ0v) is 11.6. The molecule has 0 unspecified atom stereocenters. The molecule has 0 amide bonds. The van der Waals surface area contributed by atoms with E-state index in [4.69, 9.17) is 0 Å². The normalized spacial score (nSPS) is 29.3. The summed E-state index contributed by atoms with van der Waals surface area (Å²) in [5, 5.41) is 10.5. The van der Waals surface area contributed by atoms with E-state index in [9.17, 15) is 9.50 Å². The van der Waals surface area contributed by atoms with Gasteiger partial charge in [-0.1, -0.05) is 28.9 Å². The molecule has 94 valence electrons. The standard InChI is InChI=1S/C14H18BrFO/c1-10-4-6-14(17,7-5-10)9-11-2-3-12(16)8-13(11)15/h2-3,8,10,17H,4-7,9H2,1H3. The Kier molecular flexibility index (Phi) is 3.88. The summed E-state index contributed by atoms with van der Waals surface area (Å²) in [5.74, 6) is 0.469. The van der Waals surface area contributed by atoms with Crippen molar-refractivity contribution in [1.29, 1.82) is 0 Å². The molecule has 0 saturated heterocycles. The second-order valence-electron chi connectivity index (χ2n) is 5.32. The summed E-state index contributed by atoms with van der Waals surface area (Å²) in [4.78, 5) is 0. The Morgan fingerprint density at radius 2 is 2.06 bits per heavy atom. The van der Waals surface area contributed by atoms with E-state index in [1.807, 2.05) is 0 Å². The predicted octanol–water partition coefficient (Wildman–Crippen LogP) is 4.07. The van der Waals surface area contributed by atoms with Gasteiger partial charge in [-0.15, -0.1) is 0 Å². The maximum atomic E-state index is 13.0. The first-order chi connectivity index (χ1) is 7.98.